The first kappa shape index (κ1) is 17.5. The number of thiocarbonyl (C=S) groups is 1. The zero-order valence-corrected chi connectivity index (χ0v) is 15.0. The fraction of sp³-hybridized carbons (Fsp3) is 0.143. The second kappa shape index (κ2) is 7.64. The molecule has 0 aliphatic carbocycles. The summed E-state index contributed by atoms with van der Waals surface area (Å²) in [4.78, 5) is 0.192. The number of nitrogens with one attached hydrogen (secondary N) is 2. The lowest BCUT2D eigenvalue weighted by molar-refractivity contribution is 0.521. The molecule has 0 amide bonds. The van der Waals surface area contributed by atoms with Gasteiger partial charge in [0.1, 0.15) is 0 Å². The summed E-state index contributed by atoms with van der Waals surface area (Å²) < 4.78 is 25.4. The lowest BCUT2D eigenvalue weighted by Gasteiger charge is -2.13. The van der Waals surface area contributed by atoms with Crippen LogP contribution >= 0.6 is 23.6 Å². The largest absolute Gasteiger partial charge is 0.331 e. The van der Waals surface area contributed by atoms with Gasteiger partial charge in [-0.25, -0.2) is 12.7 Å². The number of anilines is 1. The third-order valence-corrected chi connectivity index (χ3v) is 5.50. The highest BCUT2D eigenvalue weighted by Gasteiger charge is 2.17. The van der Waals surface area contributed by atoms with Gasteiger partial charge in [-0.2, -0.15) is 16.4 Å². The predicted molar refractivity (Wildman–Crippen MR) is 98.6 cm³/mol. The molecular weight excluding hydrogens is 352 g/mol. The highest BCUT2D eigenvalue weighted by atomic mass is 32.2. The average Bonchev–Trinajstić information content (AvgIpc) is 3.00. The van der Waals surface area contributed by atoms with Gasteiger partial charge in [-0.05, 0) is 47.2 Å². The first-order valence-electron chi connectivity index (χ1n) is 6.54. The molecule has 6 nitrogen and oxygen atoms in total. The van der Waals surface area contributed by atoms with Crippen LogP contribution in [0.25, 0.3) is 0 Å². The van der Waals surface area contributed by atoms with Gasteiger partial charge in [0.25, 0.3) is 0 Å². The van der Waals surface area contributed by atoms with E-state index in [1.807, 2.05) is 16.8 Å². The third-order valence-electron chi connectivity index (χ3n) is 2.79. The van der Waals surface area contributed by atoms with Crippen molar-refractivity contribution in [3.63, 3.8) is 0 Å². The van der Waals surface area contributed by atoms with Crippen molar-refractivity contribution in [3.8, 4) is 0 Å². The van der Waals surface area contributed by atoms with Gasteiger partial charge in [0.2, 0.25) is 10.0 Å². The van der Waals surface area contributed by atoms with Crippen LogP contribution < -0.4 is 10.7 Å². The highest BCUT2D eigenvalue weighted by Crippen LogP contribution is 2.17. The topological polar surface area (TPSA) is 73.8 Å². The van der Waals surface area contributed by atoms with Gasteiger partial charge >= 0.3 is 0 Å². The summed E-state index contributed by atoms with van der Waals surface area (Å²) in [5.41, 5.74) is 4.23. The lowest BCUT2D eigenvalue weighted by Crippen LogP contribution is -2.25. The Balaban J connectivity index is 2.01. The minimum absolute atomic E-state index is 0.192. The van der Waals surface area contributed by atoms with Crippen molar-refractivity contribution in [2.75, 3.05) is 19.4 Å². The molecule has 0 saturated heterocycles. The van der Waals surface area contributed by atoms with E-state index in [0.29, 0.717) is 5.69 Å². The van der Waals surface area contributed by atoms with Crippen LogP contribution in [-0.4, -0.2) is 38.1 Å². The fourth-order valence-corrected chi connectivity index (χ4v) is 3.35. The Bertz CT molecular complexity index is 799. The second-order valence-electron chi connectivity index (χ2n) is 4.70. The van der Waals surface area contributed by atoms with E-state index in [4.69, 9.17) is 12.2 Å². The zero-order valence-electron chi connectivity index (χ0n) is 12.6. The minimum atomic E-state index is -3.48. The predicted octanol–water partition coefficient (Wildman–Crippen LogP) is 2.32. The number of nitrogens with zero attached hydrogens (tertiary/aromatic N) is 2. The van der Waals surface area contributed by atoms with E-state index in [1.165, 1.54) is 26.2 Å². The maximum atomic E-state index is 12.1. The van der Waals surface area contributed by atoms with Gasteiger partial charge in [-0.3, -0.25) is 5.43 Å². The van der Waals surface area contributed by atoms with Crippen LogP contribution in [0.1, 0.15) is 5.56 Å². The van der Waals surface area contributed by atoms with Crippen LogP contribution in [0.15, 0.2) is 51.1 Å². The van der Waals surface area contributed by atoms with Crippen LogP contribution in [0.3, 0.4) is 0 Å². The summed E-state index contributed by atoms with van der Waals surface area (Å²) in [6, 6.07) is 8.36. The van der Waals surface area contributed by atoms with Crippen molar-refractivity contribution in [2.24, 2.45) is 5.10 Å². The van der Waals surface area contributed by atoms with E-state index in [2.05, 4.69) is 15.8 Å². The number of sulfonamides is 1. The summed E-state index contributed by atoms with van der Waals surface area (Å²) in [5.74, 6) is 0. The molecular formula is C14H16N4O2S3. The number of hydrogen-bond donors (Lipinski definition) is 2. The normalized spacial score (nSPS) is 11.8. The van der Waals surface area contributed by atoms with Crippen molar-refractivity contribution >= 4 is 50.6 Å². The number of hydrazone groups is 1. The molecule has 2 N–H and O–H groups in total. The Morgan fingerprint density at radius 3 is 2.78 bits per heavy atom. The van der Waals surface area contributed by atoms with E-state index >= 15 is 0 Å². The molecule has 0 fully saturated rings. The SMILES string of the molecule is CN(C)S(=O)(=O)c1cccc(NC(=S)N/N=C/c2ccsc2)c1. The molecule has 2 rings (SSSR count). The molecule has 0 atom stereocenters. The van der Waals surface area contributed by atoms with Gasteiger partial charge < -0.3 is 5.32 Å². The smallest absolute Gasteiger partial charge is 0.242 e. The van der Waals surface area contributed by atoms with Crippen LogP contribution in [-0.2, 0) is 10.0 Å². The van der Waals surface area contributed by atoms with E-state index < -0.39 is 10.0 Å². The van der Waals surface area contributed by atoms with Gasteiger partial charge in [0.15, 0.2) is 5.11 Å². The van der Waals surface area contributed by atoms with E-state index in [0.717, 1.165) is 9.87 Å². The van der Waals surface area contributed by atoms with Crippen molar-refractivity contribution in [1.29, 1.82) is 0 Å². The third kappa shape index (κ3) is 4.83. The van der Waals surface area contributed by atoms with Crippen molar-refractivity contribution in [1.82, 2.24) is 9.73 Å². The highest BCUT2D eigenvalue weighted by molar-refractivity contribution is 7.89. The minimum Gasteiger partial charge on any atom is -0.331 e. The molecule has 1 heterocycles. The first-order chi connectivity index (χ1) is 10.9. The molecule has 2 aromatic rings. The summed E-state index contributed by atoms with van der Waals surface area (Å²) >= 11 is 6.70. The zero-order chi connectivity index (χ0) is 16.9. The van der Waals surface area contributed by atoms with Gasteiger partial charge in [-0.15, -0.1) is 0 Å². The molecule has 23 heavy (non-hydrogen) atoms. The molecule has 0 saturated carbocycles. The molecule has 0 radical (unpaired) electrons. The molecule has 9 heteroatoms. The van der Waals surface area contributed by atoms with E-state index in [9.17, 15) is 8.42 Å². The standard InChI is InChI=1S/C14H16N4O2S3/c1-18(2)23(19,20)13-5-3-4-12(8-13)16-14(21)17-15-9-11-6-7-22-10-11/h3-10H,1-2H3,(H2,16,17,21)/b15-9+. The molecule has 1 aromatic carbocycles. The van der Waals surface area contributed by atoms with Crippen molar-refractivity contribution < 1.29 is 8.42 Å². The van der Waals surface area contributed by atoms with Gasteiger partial charge in [0.05, 0.1) is 11.1 Å². The van der Waals surface area contributed by atoms with Crippen molar-refractivity contribution in [2.45, 2.75) is 4.90 Å². The Labute approximate surface area is 144 Å². The summed E-state index contributed by atoms with van der Waals surface area (Å²) in [5, 5.41) is 11.1. The molecule has 0 aliphatic rings. The Kier molecular flexibility index (Phi) is 5.83. The molecule has 1 aromatic heterocycles. The van der Waals surface area contributed by atoms with Crippen LogP contribution in [0.4, 0.5) is 5.69 Å². The maximum Gasteiger partial charge on any atom is 0.242 e. The van der Waals surface area contributed by atoms with Crippen molar-refractivity contribution in [3.05, 3.63) is 46.7 Å². The Hall–Kier alpha value is -1.81. The monoisotopic (exact) mass is 368 g/mol. The molecule has 0 spiro atoms. The molecule has 0 aliphatic heterocycles. The Morgan fingerprint density at radius 1 is 1.35 bits per heavy atom. The quantitative estimate of drug-likeness (QED) is 0.481. The molecule has 0 bridgehead atoms. The van der Waals surface area contributed by atoms with Crippen LogP contribution in [0.5, 0.6) is 0 Å². The average molecular weight is 369 g/mol. The molecule has 122 valence electrons. The number of hydrogen-bond acceptors (Lipinski definition) is 5. The van der Waals surface area contributed by atoms with E-state index in [1.54, 1.807) is 29.7 Å². The van der Waals surface area contributed by atoms with Crippen LogP contribution in [0, 0.1) is 0 Å². The van der Waals surface area contributed by atoms with Crippen LogP contribution in [0.2, 0.25) is 0 Å². The van der Waals surface area contributed by atoms with E-state index in [-0.39, 0.29) is 10.0 Å². The Morgan fingerprint density at radius 2 is 2.13 bits per heavy atom. The van der Waals surface area contributed by atoms with Gasteiger partial charge in [0, 0.05) is 25.3 Å². The number of rotatable bonds is 5. The summed E-state index contributed by atoms with van der Waals surface area (Å²) in [7, 11) is -0.507. The molecule has 0 unspecified atom stereocenters. The fourth-order valence-electron chi connectivity index (χ4n) is 1.62. The lowest BCUT2D eigenvalue weighted by atomic mass is 10.3. The summed E-state index contributed by atoms with van der Waals surface area (Å²) in [6.45, 7) is 0. The number of benzene rings is 1. The maximum absolute atomic E-state index is 12.1. The summed E-state index contributed by atoms with van der Waals surface area (Å²) in [6.07, 6.45) is 1.65. The second-order valence-corrected chi connectivity index (χ2v) is 8.04. The van der Waals surface area contributed by atoms with Gasteiger partial charge in [-0.1, -0.05) is 6.07 Å². The number of thiophene rings is 1. The first-order valence-corrected chi connectivity index (χ1v) is 9.33.